The van der Waals surface area contributed by atoms with Gasteiger partial charge in [0.25, 0.3) is 5.91 Å². The molecule has 0 spiro atoms. The second-order valence-corrected chi connectivity index (χ2v) is 5.41. The van der Waals surface area contributed by atoms with Crippen LogP contribution in [0.2, 0.25) is 0 Å². The van der Waals surface area contributed by atoms with Crippen LogP contribution >= 0.6 is 31.9 Å². The second kappa shape index (κ2) is 5.63. The fourth-order valence-electron chi connectivity index (χ4n) is 1.51. The van der Waals surface area contributed by atoms with Crippen molar-refractivity contribution in [2.75, 3.05) is 5.32 Å². The van der Waals surface area contributed by atoms with Crippen LogP contribution in [0, 0.1) is 6.92 Å². The van der Waals surface area contributed by atoms with Crippen molar-refractivity contribution in [3.05, 3.63) is 56.6 Å². The fourth-order valence-corrected chi connectivity index (χ4v) is 2.23. The van der Waals surface area contributed by atoms with E-state index in [9.17, 15) is 4.79 Å². The zero-order valence-electron chi connectivity index (χ0n) is 9.58. The molecule has 18 heavy (non-hydrogen) atoms. The van der Waals surface area contributed by atoms with E-state index in [-0.39, 0.29) is 5.91 Å². The first-order chi connectivity index (χ1) is 8.59. The third-order valence-corrected chi connectivity index (χ3v) is 4.00. The number of halogens is 2. The molecule has 0 radical (unpaired) electrons. The molecule has 2 rings (SSSR count). The monoisotopic (exact) mass is 368 g/mol. The summed E-state index contributed by atoms with van der Waals surface area (Å²) < 4.78 is 1.67. The molecule has 5 heteroatoms. The van der Waals surface area contributed by atoms with Crippen molar-refractivity contribution in [3.8, 4) is 0 Å². The highest BCUT2D eigenvalue weighted by Gasteiger charge is 2.12. The summed E-state index contributed by atoms with van der Waals surface area (Å²) in [4.78, 5) is 16.3. The largest absolute Gasteiger partial charge is 0.306 e. The Bertz CT molecular complexity index is 599. The van der Waals surface area contributed by atoms with Gasteiger partial charge < -0.3 is 5.32 Å². The van der Waals surface area contributed by atoms with E-state index >= 15 is 0 Å². The van der Waals surface area contributed by atoms with Crippen molar-refractivity contribution in [1.29, 1.82) is 0 Å². The fraction of sp³-hybridized carbons (Fsp3) is 0.0769. The topological polar surface area (TPSA) is 42.0 Å². The van der Waals surface area contributed by atoms with Crippen LogP contribution in [-0.4, -0.2) is 10.9 Å². The van der Waals surface area contributed by atoms with Gasteiger partial charge in [-0.25, -0.2) is 4.98 Å². The maximum atomic E-state index is 12.1. The summed E-state index contributed by atoms with van der Waals surface area (Å²) in [5.74, 6) is 0.343. The molecule has 0 aliphatic rings. The van der Waals surface area contributed by atoms with Crippen LogP contribution in [0.4, 0.5) is 5.82 Å². The summed E-state index contributed by atoms with van der Waals surface area (Å²) in [7, 11) is 0. The highest BCUT2D eigenvalue weighted by Crippen LogP contribution is 2.22. The van der Waals surface area contributed by atoms with Crippen molar-refractivity contribution in [1.82, 2.24) is 4.98 Å². The molecule has 0 aliphatic carbocycles. The van der Waals surface area contributed by atoms with Gasteiger partial charge in [0.2, 0.25) is 0 Å². The van der Waals surface area contributed by atoms with E-state index in [1.54, 1.807) is 18.3 Å². The van der Waals surface area contributed by atoms with E-state index in [0.29, 0.717) is 11.4 Å². The van der Waals surface area contributed by atoms with Crippen LogP contribution < -0.4 is 5.32 Å². The molecule has 0 aliphatic heterocycles. The molecule has 92 valence electrons. The predicted octanol–water partition coefficient (Wildman–Crippen LogP) is 4.17. The number of nitrogens with zero attached hydrogens (tertiary/aromatic N) is 1. The van der Waals surface area contributed by atoms with Crippen molar-refractivity contribution < 1.29 is 4.79 Å². The summed E-state index contributed by atoms with van der Waals surface area (Å²) in [6.45, 7) is 1.90. The average molecular weight is 370 g/mol. The maximum absolute atomic E-state index is 12.1. The summed E-state index contributed by atoms with van der Waals surface area (Å²) in [6, 6.07) is 9.15. The lowest BCUT2D eigenvalue weighted by atomic mass is 10.1. The third-order valence-electron chi connectivity index (χ3n) is 2.50. The first-order valence-electron chi connectivity index (χ1n) is 5.26. The number of amides is 1. The van der Waals surface area contributed by atoms with E-state index in [1.807, 2.05) is 25.1 Å². The van der Waals surface area contributed by atoms with E-state index < -0.39 is 0 Å². The molecule has 0 atom stereocenters. The molecule has 0 saturated carbocycles. The van der Waals surface area contributed by atoms with Gasteiger partial charge in [-0.2, -0.15) is 0 Å². The summed E-state index contributed by atoms with van der Waals surface area (Å²) in [6.07, 6.45) is 1.63. The van der Waals surface area contributed by atoms with Gasteiger partial charge >= 0.3 is 0 Å². The van der Waals surface area contributed by atoms with E-state index in [2.05, 4.69) is 42.2 Å². The molecule has 1 N–H and O–H groups in total. The molecule has 0 saturated heterocycles. The number of carbonyl (C=O) groups is 1. The van der Waals surface area contributed by atoms with Gasteiger partial charge in [0.05, 0.1) is 4.47 Å². The average Bonchev–Trinajstić information content (AvgIpc) is 2.35. The van der Waals surface area contributed by atoms with Crippen molar-refractivity contribution >= 4 is 43.6 Å². The number of benzene rings is 1. The van der Waals surface area contributed by atoms with Gasteiger partial charge in [0.1, 0.15) is 5.82 Å². The van der Waals surface area contributed by atoms with Crippen LogP contribution in [-0.2, 0) is 0 Å². The predicted molar refractivity (Wildman–Crippen MR) is 78.8 cm³/mol. The number of pyridine rings is 1. The lowest BCUT2D eigenvalue weighted by Crippen LogP contribution is -2.14. The Morgan fingerprint density at radius 3 is 2.61 bits per heavy atom. The Balaban J connectivity index is 2.28. The van der Waals surface area contributed by atoms with Crippen molar-refractivity contribution in [2.24, 2.45) is 0 Å². The number of aromatic nitrogens is 1. The summed E-state index contributed by atoms with van der Waals surface area (Å²) >= 11 is 6.75. The molecule has 1 heterocycles. The number of hydrogen-bond acceptors (Lipinski definition) is 2. The molecule has 0 unspecified atom stereocenters. The lowest BCUT2D eigenvalue weighted by molar-refractivity contribution is 0.102. The molecule has 3 nitrogen and oxygen atoms in total. The third kappa shape index (κ3) is 2.79. The molecule has 2 aromatic rings. The second-order valence-electron chi connectivity index (χ2n) is 3.70. The molecule has 1 aromatic carbocycles. The van der Waals surface area contributed by atoms with E-state index in [1.165, 1.54) is 0 Å². The molecule has 0 fully saturated rings. The Morgan fingerprint density at radius 1 is 1.17 bits per heavy atom. The molecular weight excluding hydrogens is 360 g/mol. The Morgan fingerprint density at radius 2 is 1.89 bits per heavy atom. The van der Waals surface area contributed by atoms with E-state index in [0.717, 1.165) is 14.5 Å². The number of anilines is 1. The van der Waals surface area contributed by atoms with Crippen LogP contribution in [0.1, 0.15) is 15.9 Å². The minimum atomic E-state index is -0.173. The molecule has 0 bridgehead atoms. The van der Waals surface area contributed by atoms with Gasteiger partial charge in [-0.15, -0.1) is 0 Å². The Kier molecular flexibility index (Phi) is 4.14. The Hall–Kier alpha value is -1.20. The maximum Gasteiger partial charge on any atom is 0.257 e. The zero-order chi connectivity index (χ0) is 13.1. The minimum absolute atomic E-state index is 0.173. The van der Waals surface area contributed by atoms with Crippen molar-refractivity contribution in [2.45, 2.75) is 6.92 Å². The van der Waals surface area contributed by atoms with Gasteiger partial charge in [-0.3, -0.25) is 4.79 Å². The van der Waals surface area contributed by atoms with Crippen LogP contribution in [0.3, 0.4) is 0 Å². The minimum Gasteiger partial charge on any atom is -0.306 e. The van der Waals surface area contributed by atoms with E-state index in [4.69, 9.17) is 0 Å². The zero-order valence-corrected chi connectivity index (χ0v) is 12.7. The van der Waals surface area contributed by atoms with Gasteiger partial charge in [0, 0.05) is 16.2 Å². The SMILES string of the molecule is Cc1c(Br)cccc1C(=O)Nc1ncccc1Br. The van der Waals surface area contributed by atoms with Crippen LogP contribution in [0.5, 0.6) is 0 Å². The highest BCUT2D eigenvalue weighted by atomic mass is 79.9. The van der Waals surface area contributed by atoms with Gasteiger partial charge in [-0.1, -0.05) is 22.0 Å². The van der Waals surface area contributed by atoms with Crippen LogP contribution in [0.25, 0.3) is 0 Å². The molecular formula is C13H10Br2N2O. The summed E-state index contributed by atoms with van der Waals surface area (Å²) in [5.41, 5.74) is 1.53. The van der Waals surface area contributed by atoms with Crippen LogP contribution in [0.15, 0.2) is 45.5 Å². The summed E-state index contributed by atoms with van der Waals surface area (Å²) in [5, 5.41) is 2.78. The number of carbonyl (C=O) groups excluding carboxylic acids is 1. The van der Waals surface area contributed by atoms with Gasteiger partial charge in [0.15, 0.2) is 0 Å². The number of nitrogens with one attached hydrogen (secondary N) is 1. The number of rotatable bonds is 2. The normalized spacial score (nSPS) is 10.2. The van der Waals surface area contributed by atoms with Gasteiger partial charge in [-0.05, 0) is 52.7 Å². The molecule has 1 aromatic heterocycles. The molecule has 1 amide bonds. The highest BCUT2D eigenvalue weighted by molar-refractivity contribution is 9.10. The first-order valence-corrected chi connectivity index (χ1v) is 6.85. The lowest BCUT2D eigenvalue weighted by Gasteiger charge is -2.09. The van der Waals surface area contributed by atoms with Crippen molar-refractivity contribution in [3.63, 3.8) is 0 Å². The quantitative estimate of drug-likeness (QED) is 0.863. The first kappa shape index (κ1) is 13.2. The Labute approximate surface area is 122 Å². The standard InChI is InChI=1S/C13H10Br2N2O/c1-8-9(4-2-5-10(8)14)13(18)17-12-11(15)6-3-7-16-12/h2-7H,1H3,(H,16,17,18). The smallest absolute Gasteiger partial charge is 0.257 e. The number of hydrogen-bond donors (Lipinski definition) is 1.